The fraction of sp³-hybridized carbons (Fsp3) is 0.310. The lowest BCUT2D eigenvalue weighted by molar-refractivity contribution is -0.140. The fourth-order valence-electron chi connectivity index (χ4n) is 4.06. The Hall–Kier alpha value is -2.34. The molecule has 0 saturated heterocycles. The number of benzene rings is 3. The van der Waals surface area contributed by atoms with E-state index < -0.39 is 34.1 Å². The molecule has 40 heavy (non-hydrogen) atoms. The first-order valence-electron chi connectivity index (χ1n) is 12.5. The molecule has 0 aliphatic carbocycles. The SMILES string of the molecule is CC(C)(C)NC(=O)C(Cc1ccccc1)N(Cc1ccc(Cl)cc1Cl)C(=O)CN(c1ccc(I)cc1)S(C)(=O)=O. The first-order chi connectivity index (χ1) is 18.6. The number of carbonyl (C=O) groups is 2. The predicted octanol–water partition coefficient (Wildman–Crippen LogP) is 5.92. The van der Waals surface area contributed by atoms with E-state index >= 15 is 0 Å². The highest BCUT2D eigenvalue weighted by molar-refractivity contribution is 14.1. The summed E-state index contributed by atoms with van der Waals surface area (Å²) in [6, 6.07) is 20.1. The molecule has 3 aromatic carbocycles. The van der Waals surface area contributed by atoms with Gasteiger partial charge in [-0.15, -0.1) is 0 Å². The van der Waals surface area contributed by atoms with Gasteiger partial charge in [0, 0.05) is 32.1 Å². The molecule has 0 radical (unpaired) electrons. The molecule has 0 aromatic heterocycles. The number of carbonyl (C=O) groups excluding carboxylic acids is 2. The lowest BCUT2D eigenvalue weighted by Crippen LogP contribution is -2.56. The third kappa shape index (κ3) is 9.36. The van der Waals surface area contributed by atoms with Gasteiger partial charge in [0.25, 0.3) is 0 Å². The number of amides is 2. The molecule has 0 saturated carbocycles. The zero-order valence-corrected chi connectivity index (χ0v) is 27.2. The van der Waals surface area contributed by atoms with E-state index in [9.17, 15) is 18.0 Å². The van der Waals surface area contributed by atoms with Gasteiger partial charge in [-0.1, -0.05) is 59.6 Å². The summed E-state index contributed by atoms with van der Waals surface area (Å²) in [7, 11) is -3.84. The minimum absolute atomic E-state index is 0.0335. The summed E-state index contributed by atoms with van der Waals surface area (Å²) < 4.78 is 27.7. The Morgan fingerprint density at radius 2 is 1.60 bits per heavy atom. The normalized spacial score (nSPS) is 12.5. The third-order valence-electron chi connectivity index (χ3n) is 5.92. The number of anilines is 1. The lowest BCUT2D eigenvalue weighted by atomic mass is 10.0. The molecule has 2 amide bonds. The van der Waals surface area contributed by atoms with Gasteiger partial charge >= 0.3 is 0 Å². The summed E-state index contributed by atoms with van der Waals surface area (Å²) >= 11 is 14.7. The molecule has 1 N–H and O–H groups in total. The summed E-state index contributed by atoms with van der Waals surface area (Å²) in [5, 5.41) is 3.75. The number of nitrogens with one attached hydrogen (secondary N) is 1. The topological polar surface area (TPSA) is 86.8 Å². The molecule has 3 rings (SSSR count). The van der Waals surface area contributed by atoms with Crippen LogP contribution < -0.4 is 9.62 Å². The number of hydrogen-bond acceptors (Lipinski definition) is 4. The van der Waals surface area contributed by atoms with Crippen molar-refractivity contribution in [2.75, 3.05) is 17.1 Å². The number of nitrogens with zero attached hydrogens (tertiary/aromatic N) is 2. The van der Waals surface area contributed by atoms with Crippen LogP contribution >= 0.6 is 45.8 Å². The first-order valence-corrected chi connectivity index (χ1v) is 16.1. The Morgan fingerprint density at radius 3 is 2.15 bits per heavy atom. The highest BCUT2D eigenvalue weighted by atomic mass is 127. The third-order valence-corrected chi connectivity index (χ3v) is 8.37. The quantitative estimate of drug-likeness (QED) is 0.264. The van der Waals surface area contributed by atoms with E-state index in [2.05, 4.69) is 27.9 Å². The average Bonchev–Trinajstić information content (AvgIpc) is 2.85. The van der Waals surface area contributed by atoms with Crippen LogP contribution in [0.15, 0.2) is 72.8 Å². The van der Waals surface area contributed by atoms with Gasteiger partial charge in [-0.3, -0.25) is 13.9 Å². The summed E-state index contributed by atoms with van der Waals surface area (Å²) in [6.45, 7) is 5.03. The van der Waals surface area contributed by atoms with E-state index in [0.29, 0.717) is 21.3 Å². The molecule has 11 heteroatoms. The van der Waals surface area contributed by atoms with Crippen molar-refractivity contribution in [2.24, 2.45) is 0 Å². The average molecular weight is 716 g/mol. The first kappa shape index (κ1) is 32.2. The maximum Gasteiger partial charge on any atom is 0.244 e. The summed E-state index contributed by atoms with van der Waals surface area (Å²) in [4.78, 5) is 29.2. The summed E-state index contributed by atoms with van der Waals surface area (Å²) in [5.41, 5.74) is 1.19. The van der Waals surface area contributed by atoms with Gasteiger partial charge in [-0.2, -0.15) is 0 Å². The maximum atomic E-state index is 14.1. The molecule has 3 aromatic rings. The Balaban J connectivity index is 2.09. The van der Waals surface area contributed by atoms with E-state index in [-0.39, 0.29) is 18.9 Å². The Morgan fingerprint density at radius 1 is 0.975 bits per heavy atom. The van der Waals surface area contributed by atoms with Crippen LogP contribution in [0.1, 0.15) is 31.9 Å². The molecule has 0 spiro atoms. The van der Waals surface area contributed by atoms with Crippen molar-refractivity contribution in [1.82, 2.24) is 10.2 Å². The molecular weight excluding hydrogens is 684 g/mol. The van der Waals surface area contributed by atoms with Crippen LogP contribution in [0.4, 0.5) is 5.69 Å². The van der Waals surface area contributed by atoms with Crippen molar-refractivity contribution < 1.29 is 18.0 Å². The van der Waals surface area contributed by atoms with Gasteiger partial charge in [0.05, 0.1) is 11.9 Å². The summed E-state index contributed by atoms with van der Waals surface area (Å²) in [6.07, 6.45) is 1.26. The number of rotatable bonds is 10. The van der Waals surface area contributed by atoms with Crippen LogP contribution in [0.25, 0.3) is 0 Å². The molecule has 0 heterocycles. The van der Waals surface area contributed by atoms with Crippen LogP contribution in [0.5, 0.6) is 0 Å². The van der Waals surface area contributed by atoms with Crippen molar-refractivity contribution in [3.63, 3.8) is 0 Å². The van der Waals surface area contributed by atoms with E-state index in [0.717, 1.165) is 19.7 Å². The summed E-state index contributed by atoms with van der Waals surface area (Å²) in [5.74, 6) is -0.921. The van der Waals surface area contributed by atoms with Crippen molar-refractivity contribution in [3.05, 3.63) is 97.5 Å². The standard InChI is InChI=1S/C29H32Cl2IN3O4S/c1-29(2,3)33-28(37)26(16-20-8-6-5-7-9-20)34(18-21-10-11-22(30)17-25(21)31)27(36)19-35(40(4,38)39)24-14-12-23(32)13-15-24/h5-15,17,26H,16,18-19H2,1-4H3,(H,33,37). The second-order valence-electron chi connectivity index (χ2n) is 10.4. The van der Waals surface area contributed by atoms with E-state index in [4.69, 9.17) is 23.2 Å². The predicted molar refractivity (Wildman–Crippen MR) is 170 cm³/mol. The number of hydrogen-bond donors (Lipinski definition) is 1. The van der Waals surface area contributed by atoms with Crippen LogP contribution in [0.3, 0.4) is 0 Å². The van der Waals surface area contributed by atoms with Crippen LogP contribution in [0.2, 0.25) is 10.0 Å². The molecule has 7 nitrogen and oxygen atoms in total. The minimum atomic E-state index is -3.84. The highest BCUT2D eigenvalue weighted by Crippen LogP contribution is 2.26. The lowest BCUT2D eigenvalue weighted by Gasteiger charge is -2.35. The van der Waals surface area contributed by atoms with E-state index in [1.165, 1.54) is 4.90 Å². The van der Waals surface area contributed by atoms with Crippen molar-refractivity contribution >= 4 is 73.3 Å². The molecule has 0 aliphatic rings. The maximum absolute atomic E-state index is 14.1. The molecule has 1 atom stereocenters. The van der Waals surface area contributed by atoms with Gasteiger partial charge in [0.15, 0.2) is 0 Å². The van der Waals surface area contributed by atoms with Gasteiger partial charge in [0.1, 0.15) is 12.6 Å². The highest BCUT2D eigenvalue weighted by Gasteiger charge is 2.34. The fourth-order valence-corrected chi connectivity index (χ4v) is 5.74. The van der Waals surface area contributed by atoms with E-state index in [1.807, 2.05) is 51.1 Å². The van der Waals surface area contributed by atoms with Gasteiger partial charge in [0.2, 0.25) is 21.8 Å². The second kappa shape index (κ2) is 13.5. The molecule has 1 unspecified atom stereocenters. The Labute approximate surface area is 260 Å². The van der Waals surface area contributed by atoms with Crippen LogP contribution in [-0.4, -0.2) is 49.5 Å². The number of sulfonamides is 1. The molecule has 0 fully saturated rings. The second-order valence-corrected chi connectivity index (χ2v) is 14.4. The zero-order valence-electron chi connectivity index (χ0n) is 22.7. The van der Waals surface area contributed by atoms with Crippen molar-refractivity contribution in [2.45, 2.75) is 45.3 Å². The van der Waals surface area contributed by atoms with E-state index in [1.54, 1.807) is 42.5 Å². The molecular formula is C29H32Cl2IN3O4S. The Kier molecular flexibility index (Phi) is 10.9. The van der Waals surface area contributed by atoms with Crippen molar-refractivity contribution in [1.29, 1.82) is 0 Å². The van der Waals surface area contributed by atoms with Crippen molar-refractivity contribution in [3.8, 4) is 0 Å². The zero-order chi connectivity index (χ0) is 29.7. The Bertz CT molecular complexity index is 1450. The smallest absolute Gasteiger partial charge is 0.244 e. The number of halogens is 3. The largest absolute Gasteiger partial charge is 0.350 e. The minimum Gasteiger partial charge on any atom is -0.350 e. The molecule has 0 bridgehead atoms. The monoisotopic (exact) mass is 715 g/mol. The van der Waals surface area contributed by atoms with Gasteiger partial charge < -0.3 is 10.2 Å². The van der Waals surface area contributed by atoms with Crippen LogP contribution in [-0.2, 0) is 32.6 Å². The van der Waals surface area contributed by atoms with Crippen LogP contribution in [0, 0.1) is 3.57 Å². The molecule has 0 aliphatic heterocycles. The van der Waals surface area contributed by atoms with Gasteiger partial charge in [-0.05, 0) is 90.9 Å². The van der Waals surface area contributed by atoms with Gasteiger partial charge in [-0.25, -0.2) is 8.42 Å². The molecule has 214 valence electrons.